The number of ether oxygens (including phenoxy) is 1. The lowest BCUT2D eigenvalue weighted by Gasteiger charge is -2.11. The van der Waals surface area contributed by atoms with Crippen LogP contribution in [0.4, 0.5) is 18.9 Å². The maximum Gasteiger partial charge on any atom is 0.573 e. The molecule has 0 heterocycles. The van der Waals surface area contributed by atoms with Gasteiger partial charge in [0.15, 0.2) is 0 Å². The number of hydrogen-bond donors (Lipinski definition) is 2. The van der Waals surface area contributed by atoms with Gasteiger partial charge >= 0.3 is 6.36 Å². The first-order chi connectivity index (χ1) is 8.01. The van der Waals surface area contributed by atoms with Crippen LogP contribution >= 0.6 is 0 Å². The van der Waals surface area contributed by atoms with Crippen LogP contribution in [0.25, 0.3) is 0 Å². The molecule has 0 fully saturated rings. The number of halogens is 3. The number of unbranched alkanes of at least 4 members (excludes halogenated alkanes) is 1. The highest BCUT2D eigenvalue weighted by Crippen LogP contribution is 2.24. The molecule has 1 aromatic rings. The Labute approximate surface area is 97.8 Å². The van der Waals surface area contributed by atoms with E-state index in [4.69, 9.17) is 5.73 Å². The first-order valence-electron chi connectivity index (χ1n) is 5.31. The van der Waals surface area contributed by atoms with Crippen LogP contribution < -0.4 is 15.8 Å². The normalized spacial score (nSPS) is 11.3. The number of rotatable bonds is 6. The van der Waals surface area contributed by atoms with Crippen molar-refractivity contribution in [2.75, 3.05) is 18.4 Å². The second kappa shape index (κ2) is 6.34. The molecule has 1 rings (SSSR count). The summed E-state index contributed by atoms with van der Waals surface area (Å²) in [4.78, 5) is 0. The molecule has 17 heavy (non-hydrogen) atoms. The Morgan fingerprint density at radius 2 is 2.00 bits per heavy atom. The van der Waals surface area contributed by atoms with Gasteiger partial charge < -0.3 is 15.8 Å². The van der Waals surface area contributed by atoms with E-state index < -0.39 is 6.36 Å². The zero-order valence-electron chi connectivity index (χ0n) is 9.26. The maximum absolute atomic E-state index is 12.0. The van der Waals surface area contributed by atoms with Gasteiger partial charge in [-0.3, -0.25) is 0 Å². The molecule has 0 aliphatic rings. The SMILES string of the molecule is NCCCCNc1cccc(OC(F)(F)F)c1. The predicted octanol–water partition coefficient (Wildman–Crippen LogP) is 2.74. The van der Waals surface area contributed by atoms with Gasteiger partial charge in [0.1, 0.15) is 5.75 Å². The van der Waals surface area contributed by atoms with Gasteiger partial charge in [0.25, 0.3) is 0 Å². The zero-order valence-corrected chi connectivity index (χ0v) is 9.26. The molecule has 6 heteroatoms. The summed E-state index contributed by atoms with van der Waals surface area (Å²) in [6.45, 7) is 1.28. The first-order valence-corrected chi connectivity index (χ1v) is 5.31. The minimum absolute atomic E-state index is 0.221. The monoisotopic (exact) mass is 248 g/mol. The third kappa shape index (κ3) is 6.01. The molecule has 0 atom stereocenters. The lowest BCUT2D eigenvalue weighted by molar-refractivity contribution is -0.274. The van der Waals surface area contributed by atoms with Crippen LogP contribution in [-0.2, 0) is 0 Å². The van der Waals surface area contributed by atoms with Crippen molar-refractivity contribution in [1.29, 1.82) is 0 Å². The summed E-state index contributed by atoms with van der Waals surface area (Å²) in [6.07, 6.45) is -2.90. The van der Waals surface area contributed by atoms with E-state index in [1.54, 1.807) is 6.07 Å². The summed E-state index contributed by atoms with van der Waals surface area (Å²) in [7, 11) is 0. The van der Waals surface area contributed by atoms with E-state index in [1.807, 2.05) is 0 Å². The minimum Gasteiger partial charge on any atom is -0.406 e. The smallest absolute Gasteiger partial charge is 0.406 e. The fraction of sp³-hybridized carbons (Fsp3) is 0.455. The van der Waals surface area contributed by atoms with E-state index in [-0.39, 0.29) is 5.75 Å². The average Bonchev–Trinajstić information content (AvgIpc) is 2.23. The summed E-state index contributed by atoms with van der Waals surface area (Å²) in [5.74, 6) is -0.221. The highest BCUT2D eigenvalue weighted by atomic mass is 19.4. The third-order valence-corrected chi connectivity index (χ3v) is 2.03. The molecule has 0 amide bonds. The van der Waals surface area contributed by atoms with Crippen molar-refractivity contribution in [3.8, 4) is 5.75 Å². The maximum atomic E-state index is 12.0. The van der Waals surface area contributed by atoms with Crippen molar-refractivity contribution in [3.05, 3.63) is 24.3 Å². The van der Waals surface area contributed by atoms with Gasteiger partial charge in [-0.1, -0.05) is 6.07 Å². The molecule has 1 aromatic carbocycles. The summed E-state index contributed by atoms with van der Waals surface area (Å²) in [5, 5.41) is 3.00. The second-order valence-corrected chi connectivity index (χ2v) is 3.50. The molecular formula is C11H15F3N2O. The Bertz CT molecular complexity index is 342. The van der Waals surface area contributed by atoms with Crippen LogP contribution in [0.2, 0.25) is 0 Å². The zero-order chi connectivity index (χ0) is 12.7. The Morgan fingerprint density at radius 1 is 1.24 bits per heavy atom. The Kier molecular flexibility index (Phi) is 5.09. The minimum atomic E-state index is -4.65. The summed E-state index contributed by atoms with van der Waals surface area (Å²) < 4.78 is 39.7. The van der Waals surface area contributed by atoms with Gasteiger partial charge in [-0.15, -0.1) is 13.2 Å². The van der Waals surface area contributed by atoms with Gasteiger partial charge in [0, 0.05) is 18.3 Å². The molecule has 3 nitrogen and oxygen atoms in total. The molecule has 0 aliphatic heterocycles. The Balaban J connectivity index is 2.48. The van der Waals surface area contributed by atoms with Crippen LogP contribution in [0.1, 0.15) is 12.8 Å². The number of nitrogens with one attached hydrogen (secondary N) is 1. The van der Waals surface area contributed by atoms with E-state index in [0.29, 0.717) is 18.8 Å². The molecule has 0 unspecified atom stereocenters. The number of hydrogen-bond acceptors (Lipinski definition) is 3. The van der Waals surface area contributed by atoms with Crippen LogP contribution in [0.3, 0.4) is 0 Å². The van der Waals surface area contributed by atoms with Crippen molar-refractivity contribution in [1.82, 2.24) is 0 Å². The van der Waals surface area contributed by atoms with Crippen molar-refractivity contribution in [2.24, 2.45) is 5.73 Å². The summed E-state index contributed by atoms with van der Waals surface area (Å²) >= 11 is 0. The molecule has 96 valence electrons. The van der Waals surface area contributed by atoms with Gasteiger partial charge in [-0.25, -0.2) is 0 Å². The molecule has 0 bridgehead atoms. The first kappa shape index (κ1) is 13.6. The van der Waals surface area contributed by atoms with Gasteiger partial charge in [0.2, 0.25) is 0 Å². The molecule has 0 saturated heterocycles. The van der Waals surface area contributed by atoms with Gasteiger partial charge in [-0.05, 0) is 31.5 Å². The predicted molar refractivity (Wildman–Crippen MR) is 59.9 cm³/mol. The fourth-order valence-corrected chi connectivity index (χ4v) is 1.31. The van der Waals surface area contributed by atoms with Gasteiger partial charge in [0.05, 0.1) is 0 Å². The average molecular weight is 248 g/mol. The topological polar surface area (TPSA) is 47.3 Å². The summed E-state index contributed by atoms with van der Waals surface area (Å²) in [6, 6.07) is 5.77. The largest absolute Gasteiger partial charge is 0.573 e. The Morgan fingerprint density at radius 3 is 2.65 bits per heavy atom. The number of anilines is 1. The molecule has 0 spiro atoms. The van der Waals surface area contributed by atoms with E-state index >= 15 is 0 Å². The summed E-state index contributed by atoms with van der Waals surface area (Å²) in [5.41, 5.74) is 5.93. The number of alkyl halides is 3. The molecular weight excluding hydrogens is 233 g/mol. The van der Waals surface area contributed by atoms with E-state index in [1.165, 1.54) is 18.2 Å². The number of nitrogens with two attached hydrogens (primary N) is 1. The second-order valence-electron chi connectivity index (χ2n) is 3.50. The number of benzene rings is 1. The molecule has 0 aliphatic carbocycles. The van der Waals surface area contributed by atoms with E-state index in [2.05, 4.69) is 10.1 Å². The third-order valence-electron chi connectivity index (χ3n) is 2.03. The van der Waals surface area contributed by atoms with E-state index in [9.17, 15) is 13.2 Å². The Hall–Kier alpha value is -1.43. The van der Waals surface area contributed by atoms with Crippen LogP contribution in [0.5, 0.6) is 5.75 Å². The highest BCUT2D eigenvalue weighted by Gasteiger charge is 2.31. The lowest BCUT2D eigenvalue weighted by atomic mass is 10.2. The quantitative estimate of drug-likeness (QED) is 0.761. The van der Waals surface area contributed by atoms with Crippen LogP contribution in [0, 0.1) is 0 Å². The molecule has 0 saturated carbocycles. The van der Waals surface area contributed by atoms with Gasteiger partial charge in [-0.2, -0.15) is 0 Å². The van der Waals surface area contributed by atoms with Crippen molar-refractivity contribution in [2.45, 2.75) is 19.2 Å². The van der Waals surface area contributed by atoms with Crippen LogP contribution in [-0.4, -0.2) is 19.5 Å². The van der Waals surface area contributed by atoms with Crippen LogP contribution in [0.15, 0.2) is 24.3 Å². The fourth-order valence-electron chi connectivity index (χ4n) is 1.31. The molecule has 3 N–H and O–H groups in total. The highest BCUT2D eigenvalue weighted by molar-refractivity contribution is 5.48. The molecule has 0 aromatic heterocycles. The van der Waals surface area contributed by atoms with Crippen molar-refractivity contribution in [3.63, 3.8) is 0 Å². The standard InChI is InChI=1S/C11H15F3N2O/c12-11(13,14)17-10-5-3-4-9(8-10)16-7-2-1-6-15/h3-5,8,16H,1-2,6-7,15H2. The van der Waals surface area contributed by atoms with Crippen molar-refractivity contribution < 1.29 is 17.9 Å². The van der Waals surface area contributed by atoms with E-state index in [0.717, 1.165) is 12.8 Å². The van der Waals surface area contributed by atoms with Crippen molar-refractivity contribution >= 4 is 5.69 Å². The molecule has 0 radical (unpaired) electrons. The lowest BCUT2D eigenvalue weighted by Crippen LogP contribution is -2.17.